The second kappa shape index (κ2) is 7.31. The van der Waals surface area contributed by atoms with Gasteiger partial charge in [0.1, 0.15) is 0 Å². The number of hydrogen-bond acceptors (Lipinski definition) is 4. The number of rotatable bonds is 3. The normalized spacial score (nSPS) is 16.5. The standard InChI is InChI=1S/C18H28N4O3/c1-18(2,3)22(17(24)25)15-11-12(5-6-14(15)19)16(23)20-13-7-9-21(4)10-8-13/h5-6,11,13H,7-10,19H2,1-4H3,(H,20,23)(H,24,25). The van der Waals surface area contributed by atoms with Crippen molar-refractivity contribution >= 4 is 23.4 Å². The fourth-order valence-corrected chi connectivity index (χ4v) is 3.05. The number of hydrogen-bond donors (Lipinski definition) is 3. The van der Waals surface area contributed by atoms with Crippen LogP contribution in [0.25, 0.3) is 0 Å². The number of amides is 2. The Bertz CT molecular complexity index is 646. The molecule has 0 spiro atoms. The second-order valence-electron chi connectivity index (χ2n) is 7.61. The highest BCUT2D eigenvalue weighted by atomic mass is 16.4. The molecule has 1 fully saturated rings. The van der Waals surface area contributed by atoms with Gasteiger partial charge in [-0.3, -0.25) is 9.69 Å². The summed E-state index contributed by atoms with van der Waals surface area (Å²) in [5, 5.41) is 12.6. The first-order valence-corrected chi connectivity index (χ1v) is 8.51. The van der Waals surface area contributed by atoms with Crippen LogP contribution in [0.1, 0.15) is 44.0 Å². The fourth-order valence-electron chi connectivity index (χ4n) is 3.05. The van der Waals surface area contributed by atoms with Crippen LogP contribution in [0.2, 0.25) is 0 Å². The zero-order valence-electron chi connectivity index (χ0n) is 15.4. The molecule has 0 aliphatic carbocycles. The predicted octanol–water partition coefficient (Wildman–Crippen LogP) is 2.38. The van der Waals surface area contributed by atoms with Gasteiger partial charge in [0.2, 0.25) is 0 Å². The van der Waals surface area contributed by atoms with E-state index < -0.39 is 11.6 Å². The van der Waals surface area contributed by atoms with E-state index in [1.54, 1.807) is 39.0 Å². The summed E-state index contributed by atoms with van der Waals surface area (Å²) in [5.41, 5.74) is 6.38. The van der Waals surface area contributed by atoms with Gasteiger partial charge < -0.3 is 21.1 Å². The highest BCUT2D eigenvalue weighted by Gasteiger charge is 2.30. The number of anilines is 2. The largest absolute Gasteiger partial charge is 0.465 e. The van der Waals surface area contributed by atoms with Crippen LogP contribution in [0.15, 0.2) is 18.2 Å². The lowest BCUT2D eigenvalue weighted by Crippen LogP contribution is -2.46. The number of likely N-dealkylation sites (tertiary alicyclic amines) is 1. The van der Waals surface area contributed by atoms with Crippen molar-refractivity contribution in [3.63, 3.8) is 0 Å². The number of carbonyl (C=O) groups is 2. The minimum atomic E-state index is -1.10. The van der Waals surface area contributed by atoms with Crippen molar-refractivity contribution in [2.24, 2.45) is 0 Å². The highest BCUT2D eigenvalue weighted by molar-refractivity contribution is 5.99. The Balaban J connectivity index is 2.22. The number of benzene rings is 1. The number of piperidine rings is 1. The van der Waals surface area contributed by atoms with Crippen molar-refractivity contribution in [1.29, 1.82) is 0 Å². The zero-order chi connectivity index (χ0) is 18.8. The monoisotopic (exact) mass is 348 g/mol. The van der Waals surface area contributed by atoms with Gasteiger partial charge in [-0.2, -0.15) is 0 Å². The van der Waals surface area contributed by atoms with Gasteiger partial charge in [-0.25, -0.2) is 4.79 Å². The van der Waals surface area contributed by atoms with Crippen molar-refractivity contribution in [3.8, 4) is 0 Å². The number of carbonyl (C=O) groups excluding carboxylic acids is 1. The summed E-state index contributed by atoms with van der Waals surface area (Å²) in [6.07, 6.45) is 0.716. The number of nitrogens with zero attached hydrogens (tertiary/aromatic N) is 2. The van der Waals surface area contributed by atoms with Crippen LogP contribution in [-0.4, -0.2) is 53.7 Å². The van der Waals surface area contributed by atoms with Crippen molar-refractivity contribution in [1.82, 2.24) is 10.2 Å². The maximum absolute atomic E-state index is 12.6. The quantitative estimate of drug-likeness (QED) is 0.729. The average Bonchev–Trinajstić information content (AvgIpc) is 2.50. The smallest absolute Gasteiger partial charge is 0.412 e. The molecule has 138 valence electrons. The molecule has 1 heterocycles. The average molecular weight is 348 g/mol. The van der Waals surface area contributed by atoms with E-state index in [9.17, 15) is 14.7 Å². The molecule has 0 unspecified atom stereocenters. The van der Waals surface area contributed by atoms with Crippen LogP contribution in [0, 0.1) is 0 Å². The van der Waals surface area contributed by atoms with E-state index in [0.717, 1.165) is 25.9 Å². The molecule has 0 radical (unpaired) electrons. The van der Waals surface area contributed by atoms with Gasteiger partial charge in [-0.15, -0.1) is 0 Å². The van der Waals surface area contributed by atoms with Crippen LogP contribution in [0.3, 0.4) is 0 Å². The molecular formula is C18H28N4O3. The first-order valence-electron chi connectivity index (χ1n) is 8.51. The summed E-state index contributed by atoms with van der Waals surface area (Å²) in [4.78, 5) is 27.7. The molecule has 1 aliphatic heterocycles. The van der Waals surface area contributed by atoms with Gasteiger partial charge in [0, 0.05) is 17.1 Å². The Morgan fingerprint density at radius 3 is 2.40 bits per heavy atom. The van der Waals surface area contributed by atoms with Gasteiger partial charge in [0.15, 0.2) is 0 Å². The Hall–Kier alpha value is -2.28. The van der Waals surface area contributed by atoms with Gasteiger partial charge in [0.05, 0.1) is 11.4 Å². The third-order valence-corrected chi connectivity index (χ3v) is 4.45. The Morgan fingerprint density at radius 2 is 1.88 bits per heavy atom. The molecule has 7 heteroatoms. The van der Waals surface area contributed by atoms with Crippen LogP contribution < -0.4 is 16.0 Å². The summed E-state index contributed by atoms with van der Waals surface area (Å²) < 4.78 is 0. The second-order valence-corrected chi connectivity index (χ2v) is 7.61. The molecule has 1 aromatic carbocycles. The predicted molar refractivity (Wildman–Crippen MR) is 99.1 cm³/mol. The summed E-state index contributed by atoms with van der Waals surface area (Å²) in [5.74, 6) is -0.199. The molecule has 1 aliphatic rings. The first kappa shape index (κ1) is 19.1. The van der Waals surface area contributed by atoms with Gasteiger partial charge in [-0.1, -0.05) is 0 Å². The molecule has 0 atom stereocenters. The molecule has 2 amide bonds. The molecule has 7 nitrogen and oxygen atoms in total. The van der Waals surface area contributed by atoms with Gasteiger partial charge >= 0.3 is 6.09 Å². The van der Waals surface area contributed by atoms with E-state index in [2.05, 4.69) is 17.3 Å². The third kappa shape index (κ3) is 4.63. The lowest BCUT2D eigenvalue weighted by molar-refractivity contribution is 0.0916. The van der Waals surface area contributed by atoms with E-state index >= 15 is 0 Å². The molecule has 1 saturated heterocycles. The van der Waals surface area contributed by atoms with Crippen molar-refractivity contribution < 1.29 is 14.7 Å². The number of nitrogens with one attached hydrogen (secondary N) is 1. The van der Waals surface area contributed by atoms with Crippen LogP contribution >= 0.6 is 0 Å². The minimum Gasteiger partial charge on any atom is -0.465 e. The molecule has 25 heavy (non-hydrogen) atoms. The summed E-state index contributed by atoms with van der Waals surface area (Å²) >= 11 is 0. The first-order chi connectivity index (χ1) is 11.6. The molecule has 0 aromatic heterocycles. The minimum absolute atomic E-state index is 0.142. The molecule has 1 aromatic rings. The topological polar surface area (TPSA) is 98.9 Å². The zero-order valence-corrected chi connectivity index (χ0v) is 15.4. The van der Waals surface area contributed by atoms with E-state index in [0.29, 0.717) is 16.9 Å². The van der Waals surface area contributed by atoms with Crippen LogP contribution in [0.5, 0.6) is 0 Å². The molecular weight excluding hydrogens is 320 g/mol. The van der Waals surface area contributed by atoms with Crippen LogP contribution in [-0.2, 0) is 0 Å². The lowest BCUT2D eigenvalue weighted by atomic mass is 10.0. The molecule has 0 bridgehead atoms. The van der Waals surface area contributed by atoms with Gasteiger partial charge in [0.25, 0.3) is 5.91 Å². The van der Waals surface area contributed by atoms with Crippen molar-refractivity contribution in [2.45, 2.75) is 45.2 Å². The summed E-state index contributed by atoms with van der Waals surface area (Å²) in [7, 11) is 2.07. The fraction of sp³-hybridized carbons (Fsp3) is 0.556. The Labute approximate surface area is 148 Å². The van der Waals surface area contributed by atoms with Gasteiger partial charge in [-0.05, 0) is 71.9 Å². The maximum atomic E-state index is 12.6. The number of carboxylic acid groups (broad SMARTS) is 1. The Morgan fingerprint density at radius 1 is 1.28 bits per heavy atom. The van der Waals surface area contributed by atoms with E-state index in [-0.39, 0.29) is 11.9 Å². The third-order valence-electron chi connectivity index (χ3n) is 4.45. The maximum Gasteiger partial charge on any atom is 0.412 e. The summed E-state index contributed by atoms with van der Waals surface area (Å²) in [6, 6.07) is 4.91. The molecule has 0 saturated carbocycles. The lowest BCUT2D eigenvalue weighted by Gasteiger charge is -2.34. The van der Waals surface area contributed by atoms with Crippen molar-refractivity contribution in [2.75, 3.05) is 30.8 Å². The van der Waals surface area contributed by atoms with Crippen molar-refractivity contribution in [3.05, 3.63) is 23.8 Å². The Kier molecular flexibility index (Phi) is 5.57. The van der Waals surface area contributed by atoms with E-state index in [1.165, 1.54) is 4.90 Å². The van der Waals surface area contributed by atoms with E-state index in [4.69, 9.17) is 5.73 Å². The highest BCUT2D eigenvalue weighted by Crippen LogP contribution is 2.30. The van der Waals surface area contributed by atoms with E-state index in [1.807, 2.05) is 0 Å². The SMILES string of the molecule is CN1CCC(NC(=O)c2ccc(N)c(N(C(=O)O)C(C)(C)C)c2)CC1. The number of nitrogen functional groups attached to an aromatic ring is 1. The number of nitrogens with two attached hydrogens (primary N) is 1. The van der Waals surface area contributed by atoms with Crippen LogP contribution in [0.4, 0.5) is 16.2 Å². The molecule has 4 N–H and O–H groups in total. The summed E-state index contributed by atoms with van der Waals surface area (Å²) in [6.45, 7) is 7.26. The molecule has 2 rings (SSSR count).